The number of aromatic nitrogens is 1. The average molecular weight is 391 g/mol. The number of carbonyl (C=O) groups is 3. The molecule has 0 radical (unpaired) electrons. The number of H-pyrrole nitrogens is 1. The van der Waals surface area contributed by atoms with E-state index in [1.165, 1.54) is 26.4 Å². The Hall–Kier alpha value is -2.74. The van der Waals surface area contributed by atoms with Gasteiger partial charge in [0.05, 0.1) is 39.6 Å². The summed E-state index contributed by atoms with van der Waals surface area (Å²) in [5, 5.41) is 0. The Labute approximate surface area is 159 Å². The van der Waals surface area contributed by atoms with Crippen LogP contribution in [0.3, 0.4) is 0 Å². The number of rotatable bonds is 6. The van der Waals surface area contributed by atoms with E-state index in [0.717, 1.165) is 0 Å². The molecule has 27 heavy (non-hydrogen) atoms. The van der Waals surface area contributed by atoms with Crippen LogP contribution in [0.2, 0.25) is 0 Å². The van der Waals surface area contributed by atoms with Gasteiger partial charge in [0.2, 0.25) is 5.78 Å². The Balaban J connectivity index is 2.26. The van der Waals surface area contributed by atoms with E-state index in [2.05, 4.69) is 4.98 Å². The molecule has 0 saturated carbocycles. The van der Waals surface area contributed by atoms with Crippen molar-refractivity contribution < 1.29 is 28.1 Å². The lowest BCUT2D eigenvalue weighted by Crippen LogP contribution is -2.26. The maximum atomic E-state index is 12.7. The van der Waals surface area contributed by atoms with E-state index in [9.17, 15) is 18.6 Å². The molecule has 2 atom stereocenters. The standard InChI is InChI=1S/C19H21NO6S/c1-10-15(19(23)25-4)11(2)20-16(10)17(21)12(3)26-18(22)13-8-6-7-9-14(13)27(5)24/h6-9,12,20H,1-5H3/t12-,27+/m0/s1. The number of aryl methyl sites for hydroxylation is 1. The fraction of sp³-hybridized carbons (Fsp3) is 0.316. The summed E-state index contributed by atoms with van der Waals surface area (Å²) >= 11 is 0. The van der Waals surface area contributed by atoms with Crippen molar-refractivity contribution in [1.29, 1.82) is 0 Å². The van der Waals surface area contributed by atoms with Gasteiger partial charge in [-0.05, 0) is 38.5 Å². The number of benzene rings is 1. The lowest BCUT2D eigenvalue weighted by molar-refractivity contribution is 0.0313. The van der Waals surface area contributed by atoms with Crippen LogP contribution in [-0.2, 0) is 20.3 Å². The van der Waals surface area contributed by atoms with Gasteiger partial charge in [-0.2, -0.15) is 0 Å². The Bertz CT molecular complexity index is 930. The van der Waals surface area contributed by atoms with E-state index >= 15 is 0 Å². The number of hydrogen-bond donors (Lipinski definition) is 1. The van der Waals surface area contributed by atoms with Gasteiger partial charge in [-0.15, -0.1) is 0 Å². The molecule has 7 nitrogen and oxygen atoms in total. The first-order chi connectivity index (χ1) is 12.7. The second-order valence-corrected chi connectivity index (χ2v) is 7.33. The molecule has 0 fully saturated rings. The molecule has 144 valence electrons. The zero-order chi connectivity index (χ0) is 20.3. The van der Waals surface area contributed by atoms with Crippen molar-refractivity contribution in [1.82, 2.24) is 4.98 Å². The number of nitrogens with one attached hydrogen (secondary N) is 1. The molecular weight excluding hydrogens is 370 g/mol. The van der Waals surface area contributed by atoms with Crippen LogP contribution in [0.4, 0.5) is 0 Å². The first-order valence-corrected chi connectivity index (χ1v) is 9.70. The van der Waals surface area contributed by atoms with Gasteiger partial charge in [0.15, 0.2) is 6.10 Å². The number of methoxy groups -OCH3 is 1. The van der Waals surface area contributed by atoms with Gasteiger partial charge in [0, 0.05) is 11.9 Å². The van der Waals surface area contributed by atoms with Crippen LogP contribution in [0.25, 0.3) is 0 Å². The Kier molecular flexibility index (Phi) is 6.32. The van der Waals surface area contributed by atoms with Crippen LogP contribution in [-0.4, -0.2) is 46.4 Å². The zero-order valence-electron chi connectivity index (χ0n) is 15.7. The number of ketones is 1. The molecule has 8 heteroatoms. The summed E-state index contributed by atoms with van der Waals surface area (Å²) in [6.45, 7) is 4.71. The molecule has 2 rings (SSSR count). The van der Waals surface area contributed by atoms with Crippen molar-refractivity contribution in [3.63, 3.8) is 0 Å². The molecule has 0 spiro atoms. The average Bonchev–Trinajstić information content (AvgIpc) is 2.94. The molecule has 0 aliphatic rings. The maximum Gasteiger partial charge on any atom is 0.340 e. The molecule has 1 N–H and O–H groups in total. The number of ether oxygens (including phenoxy) is 2. The van der Waals surface area contributed by atoms with E-state index in [1.807, 2.05) is 0 Å². The highest BCUT2D eigenvalue weighted by Crippen LogP contribution is 2.21. The van der Waals surface area contributed by atoms with Crippen molar-refractivity contribution in [3.05, 3.63) is 52.3 Å². The fourth-order valence-corrected chi connectivity index (χ4v) is 3.50. The summed E-state index contributed by atoms with van der Waals surface area (Å²) in [6, 6.07) is 6.36. The second kappa shape index (κ2) is 8.30. The van der Waals surface area contributed by atoms with Crippen LogP contribution in [0, 0.1) is 13.8 Å². The predicted octanol–water partition coefficient (Wildman–Crippen LogP) is 2.58. The third-order valence-electron chi connectivity index (χ3n) is 4.14. The lowest BCUT2D eigenvalue weighted by atomic mass is 10.1. The van der Waals surface area contributed by atoms with E-state index in [0.29, 0.717) is 16.2 Å². The van der Waals surface area contributed by atoms with E-state index in [1.54, 1.807) is 32.0 Å². The van der Waals surface area contributed by atoms with Gasteiger partial charge in [-0.1, -0.05) is 12.1 Å². The molecule has 1 heterocycles. The number of carbonyl (C=O) groups excluding carboxylic acids is 3. The van der Waals surface area contributed by atoms with Crippen molar-refractivity contribution in [3.8, 4) is 0 Å². The van der Waals surface area contributed by atoms with Crippen molar-refractivity contribution in [2.75, 3.05) is 13.4 Å². The lowest BCUT2D eigenvalue weighted by Gasteiger charge is -2.13. The smallest absolute Gasteiger partial charge is 0.340 e. The molecule has 0 saturated heterocycles. The van der Waals surface area contributed by atoms with E-state index < -0.39 is 34.6 Å². The molecule has 0 aliphatic heterocycles. The first-order valence-electron chi connectivity index (χ1n) is 8.14. The monoisotopic (exact) mass is 391 g/mol. The largest absolute Gasteiger partial charge is 0.465 e. The highest BCUT2D eigenvalue weighted by Gasteiger charge is 2.28. The van der Waals surface area contributed by atoms with Crippen molar-refractivity contribution in [2.45, 2.75) is 31.8 Å². The number of esters is 2. The minimum atomic E-state index is -1.38. The van der Waals surface area contributed by atoms with E-state index in [-0.39, 0.29) is 16.8 Å². The molecule has 1 aromatic heterocycles. The molecular formula is C19H21NO6S. The Morgan fingerprint density at radius 2 is 1.74 bits per heavy atom. The minimum absolute atomic E-state index is 0.146. The molecule has 0 bridgehead atoms. The van der Waals surface area contributed by atoms with E-state index in [4.69, 9.17) is 9.47 Å². The second-order valence-electron chi connectivity index (χ2n) is 5.98. The topological polar surface area (TPSA) is 103 Å². The van der Waals surface area contributed by atoms with Crippen molar-refractivity contribution >= 4 is 28.5 Å². The SMILES string of the molecule is COC(=O)c1c(C)[nH]c(C(=O)[C@H](C)OC(=O)c2ccccc2[S@@](C)=O)c1C. The zero-order valence-corrected chi connectivity index (χ0v) is 16.6. The van der Waals surface area contributed by atoms with Crippen LogP contribution in [0.15, 0.2) is 29.2 Å². The van der Waals surface area contributed by atoms with Gasteiger partial charge in [-0.25, -0.2) is 9.59 Å². The summed E-state index contributed by atoms with van der Waals surface area (Å²) < 4.78 is 21.8. The number of hydrogen-bond acceptors (Lipinski definition) is 6. The fourth-order valence-electron chi connectivity index (χ4n) is 2.77. The summed E-state index contributed by atoms with van der Waals surface area (Å²) in [4.78, 5) is 40.2. The van der Waals surface area contributed by atoms with Gasteiger partial charge >= 0.3 is 11.9 Å². The Morgan fingerprint density at radius 3 is 2.33 bits per heavy atom. The normalized spacial score (nSPS) is 12.9. The molecule has 0 aliphatic carbocycles. The Morgan fingerprint density at radius 1 is 1.11 bits per heavy atom. The molecule has 1 aromatic carbocycles. The quantitative estimate of drug-likeness (QED) is 0.600. The molecule has 0 amide bonds. The third kappa shape index (κ3) is 4.16. The maximum absolute atomic E-state index is 12.7. The number of Topliss-reactive ketones (excluding diaryl/α,β-unsaturated/α-hetero) is 1. The van der Waals surface area contributed by atoms with Gasteiger partial charge in [-0.3, -0.25) is 9.00 Å². The van der Waals surface area contributed by atoms with Crippen LogP contribution < -0.4 is 0 Å². The van der Waals surface area contributed by atoms with Crippen LogP contribution in [0.1, 0.15) is 49.4 Å². The van der Waals surface area contributed by atoms with Gasteiger partial charge < -0.3 is 14.5 Å². The first kappa shape index (κ1) is 20.6. The minimum Gasteiger partial charge on any atom is -0.465 e. The van der Waals surface area contributed by atoms with Crippen LogP contribution in [0.5, 0.6) is 0 Å². The summed E-state index contributed by atoms with van der Waals surface area (Å²) in [7, 11) is -0.117. The highest BCUT2D eigenvalue weighted by molar-refractivity contribution is 7.84. The molecule has 0 unspecified atom stereocenters. The summed E-state index contributed by atoms with van der Waals surface area (Å²) in [5.74, 6) is -1.77. The summed E-state index contributed by atoms with van der Waals surface area (Å²) in [5.41, 5.74) is 1.54. The third-order valence-corrected chi connectivity index (χ3v) is 5.12. The molecule has 2 aromatic rings. The number of aromatic amines is 1. The highest BCUT2D eigenvalue weighted by atomic mass is 32.2. The van der Waals surface area contributed by atoms with Gasteiger partial charge in [0.25, 0.3) is 0 Å². The van der Waals surface area contributed by atoms with Gasteiger partial charge in [0.1, 0.15) is 0 Å². The summed E-state index contributed by atoms with van der Waals surface area (Å²) in [6.07, 6.45) is 0.359. The van der Waals surface area contributed by atoms with Crippen LogP contribution >= 0.6 is 0 Å². The van der Waals surface area contributed by atoms with Crippen molar-refractivity contribution in [2.24, 2.45) is 0 Å². The predicted molar refractivity (Wildman–Crippen MR) is 99.6 cm³/mol.